The van der Waals surface area contributed by atoms with Crippen molar-refractivity contribution < 1.29 is 13.2 Å². The number of aliphatic imine (C=N–C) groups is 1. The molecule has 0 unspecified atom stereocenters. The average Bonchev–Trinajstić information content (AvgIpc) is 1.64. The summed E-state index contributed by atoms with van der Waals surface area (Å²) in [5.41, 5.74) is 3.38. The van der Waals surface area contributed by atoms with Gasteiger partial charge in [-0.2, -0.15) is 13.2 Å². The number of alkyl halides is 3. The van der Waals surface area contributed by atoms with E-state index in [1.165, 1.54) is 0 Å². The lowest BCUT2D eigenvalue weighted by Crippen LogP contribution is -2.09. The topological polar surface area (TPSA) is 38.4 Å². The van der Waals surface area contributed by atoms with Crippen LogP contribution in [0.1, 0.15) is 0 Å². The Kier molecular flexibility index (Phi) is 2.24. The molecule has 0 bridgehead atoms. The van der Waals surface area contributed by atoms with E-state index in [9.17, 15) is 13.2 Å². The smallest absolute Gasteiger partial charge is 0.390 e. The van der Waals surface area contributed by atoms with E-state index in [4.69, 9.17) is 0 Å². The molecule has 0 aromatic rings. The molecule has 0 spiro atoms. The van der Waals surface area contributed by atoms with Crippen LogP contribution in [0.15, 0.2) is 17.3 Å². The maximum absolute atomic E-state index is 11.4. The Hall–Kier alpha value is -1.00. The standard InChI is InChI=1S/C4H5F3N2/c1-3(9-2-8)4(5,6)7/h2H,1H2,(H2,8,9). The highest BCUT2D eigenvalue weighted by Gasteiger charge is 2.31. The van der Waals surface area contributed by atoms with Gasteiger partial charge in [0.25, 0.3) is 0 Å². The molecule has 0 atom stereocenters. The number of rotatable bonds is 1. The minimum absolute atomic E-state index is 0.551. The van der Waals surface area contributed by atoms with E-state index in [0.717, 1.165) is 0 Å². The first-order chi connectivity index (χ1) is 3.98. The highest BCUT2D eigenvalue weighted by molar-refractivity contribution is 5.53. The van der Waals surface area contributed by atoms with E-state index >= 15 is 0 Å². The van der Waals surface area contributed by atoms with E-state index in [1.807, 2.05) is 0 Å². The Bertz CT molecular complexity index is 135. The molecular formula is C4H5F3N2. The summed E-state index contributed by atoms with van der Waals surface area (Å²) in [4.78, 5) is 2.73. The second-order valence-electron chi connectivity index (χ2n) is 1.22. The molecule has 0 saturated heterocycles. The summed E-state index contributed by atoms with van der Waals surface area (Å²) in [6.07, 6.45) is -3.91. The lowest BCUT2D eigenvalue weighted by atomic mass is 10.5. The molecule has 2 N–H and O–H groups in total. The summed E-state index contributed by atoms with van der Waals surface area (Å²) in [6.45, 7) is 2.61. The van der Waals surface area contributed by atoms with Gasteiger partial charge in [0.2, 0.25) is 0 Å². The first kappa shape index (κ1) is 8.00. The largest absolute Gasteiger partial charge is 0.432 e. The normalized spacial score (nSPS) is 12.3. The van der Waals surface area contributed by atoms with Gasteiger partial charge in [-0.3, -0.25) is 0 Å². The van der Waals surface area contributed by atoms with Crippen molar-refractivity contribution in [3.8, 4) is 0 Å². The summed E-state index contributed by atoms with van der Waals surface area (Å²) >= 11 is 0. The molecule has 0 aromatic heterocycles. The van der Waals surface area contributed by atoms with Gasteiger partial charge in [-0.25, -0.2) is 4.99 Å². The van der Waals surface area contributed by atoms with Gasteiger partial charge in [-0.1, -0.05) is 6.58 Å². The second-order valence-corrected chi connectivity index (χ2v) is 1.22. The first-order valence-corrected chi connectivity index (χ1v) is 1.99. The van der Waals surface area contributed by atoms with Gasteiger partial charge in [-0.05, 0) is 0 Å². The van der Waals surface area contributed by atoms with Crippen LogP contribution in [0.4, 0.5) is 13.2 Å². The van der Waals surface area contributed by atoms with Crippen LogP contribution in [0.2, 0.25) is 0 Å². The zero-order valence-corrected chi connectivity index (χ0v) is 4.44. The monoisotopic (exact) mass is 138 g/mol. The molecule has 0 amide bonds. The minimum Gasteiger partial charge on any atom is -0.390 e. The number of hydrogen-bond donors (Lipinski definition) is 1. The van der Waals surface area contributed by atoms with Crippen molar-refractivity contribution in [3.05, 3.63) is 12.3 Å². The molecule has 2 nitrogen and oxygen atoms in total. The third kappa shape index (κ3) is 2.73. The molecule has 0 heterocycles. The lowest BCUT2D eigenvalue weighted by molar-refractivity contribution is -0.0918. The quantitative estimate of drug-likeness (QED) is 0.426. The van der Waals surface area contributed by atoms with E-state index in [1.54, 1.807) is 0 Å². The van der Waals surface area contributed by atoms with Gasteiger partial charge in [0.1, 0.15) is 5.70 Å². The molecule has 0 fully saturated rings. The molecule has 0 aliphatic carbocycles. The van der Waals surface area contributed by atoms with Crippen molar-refractivity contribution in [3.63, 3.8) is 0 Å². The fourth-order valence-electron chi connectivity index (χ4n) is 0.163. The van der Waals surface area contributed by atoms with E-state index in [-0.39, 0.29) is 0 Å². The molecular weight excluding hydrogens is 133 g/mol. The molecule has 0 radical (unpaired) electrons. The van der Waals surface area contributed by atoms with Crippen molar-refractivity contribution in [2.45, 2.75) is 6.18 Å². The third-order valence-electron chi connectivity index (χ3n) is 0.558. The third-order valence-corrected chi connectivity index (χ3v) is 0.558. The highest BCUT2D eigenvalue weighted by atomic mass is 19.4. The zero-order valence-electron chi connectivity index (χ0n) is 4.44. The van der Waals surface area contributed by atoms with Crippen molar-refractivity contribution in [1.29, 1.82) is 0 Å². The maximum Gasteiger partial charge on any atom is 0.432 e. The number of nitrogens with two attached hydrogens (primary N) is 1. The van der Waals surface area contributed by atoms with Crippen LogP contribution in [0.3, 0.4) is 0 Å². The van der Waals surface area contributed by atoms with Crippen LogP contribution < -0.4 is 5.73 Å². The van der Waals surface area contributed by atoms with Crippen LogP contribution in [-0.4, -0.2) is 12.5 Å². The fraction of sp³-hybridized carbons (Fsp3) is 0.250. The predicted molar refractivity (Wildman–Crippen MR) is 27.9 cm³/mol. The predicted octanol–water partition coefficient (Wildman–Crippen LogP) is 1.05. The minimum atomic E-state index is -4.46. The van der Waals surface area contributed by atoms with E-state index in [0.29, 0.717) is 6.34 Å². The van der Waals surface area contributed by atoms with Crippen LogP contribution in [0, 0.1) is 0 Å². The van der Waals surface area contributed by atoms with Crippen molar-refractivity contribution in [2.75, 3.05) is 0 Å². The van der Waals surface area contributed by atoms with E-state index in [2.05, 4.69) is 17.3 Å². The van der Waals surface area contributed by atoms with Crippen LogP contribution >= 0.6 is 0 Å². The highest BCUT2D eigenvalue weighted by Crippen LogP contribution is 2.23. The van der Waals surface area contributed by atoms with Crippen LogP contribution in [-0.2, 0) is 0 Å². The molecule has 0 aliphatic heterocycles. The molecule has 0 saturated carbocycles. The Labute approximate surface area is 49.9 Å². The second kappa shape index (κ2) is 2.52. The lowest BCUT2D eigenvalue weighted by Gasteiger charge is -2.02. The Morgan fingerprint density at radius 3 is 2.11 bits per heavy atom. The number of allylic oxidation sites excluding steroid dienone is 1. The van der Waals surface area contributed by atoms with Gasteiger partial charge in [0.05, 0.1) is 6.34 Å². The Morgan fingerprint density at radius 2 is 2.00 bits per heavy atom. The van der Waals surface area contributed by atoms with Crippen LogP contribution in [0.5, 0.6) is 0 Å². The Balaban J connectivity index is 4.06. The van der Waals surface area contributed by atoms with Crippen molar-refractivity contribution in [1.82, 2.24) is 0 Å². The fourth-order valence-corrected chi connectivity index (χ4v) is 0.163. The summed E-state index contributed by atoms with van der Waals surface area (Å²) < 4.78 is 34.1. The summed E-state index contributed by atoms with van der Waals surface area (Å²) in [5.74, 6) is 0. The maximum atomic E-state index is 11.4. The summed E-state index contributed by atoms with van der Waals surface area (Å²) in [5, 5.41) is 0. The van der Waals surface area contributed by atoms with Crippen molar-refractivity contribution >= 4 is 6.34 Å². The molecule has 0 aliphatic rings. The SMILES string of the molecule is C=C(N=CN)C(F)(F)F. The van der Waals surface area contributed by atoms with E-state index < -0.39 is 11.9 Å². The molecule has 0 rings (SSSR count). The van der Waals surface area contributed by atoms with Gasteiger partial charge in [-0.15, -0.1) is 0 Å². The summed E-state index contributed by atoms with van der Waals surface area (Å²) in [6, 6.07) is 0. The van der Waals surface area contributed by atoms with Gasteiger partial charge < -0.3 is 5.73 Å². The van der Waals surface area contributed by atoms with Gasteiger partial charge in [0.15, 0.2) is 0 Å². The van der Waals surface area contributed by atoms with Crippen molar-refractivity contribution in [2.24, 2.45) is 10.7 Å². The number of halogens is 3. The number of hydrogen-bond acceptors (Lipinski definition) is 1. The molecule has 9 heavy (non-hydrogen) atoms. The Morgan fingerprint density at radius 1 is 1.56 bits per heavy atom. The summed E-state index contributed by atoms with van der Waals surface area (Å²) in [7, 11) is 0. The molecule has 0 aromatic carbocycles. The first-order valence-electron chi connectivity index (χ1n) is 1.99. The number of nitrogens with zero attached hydrogens (tertiary/aromatic N) is 1. The van der Waals surface area contributed by atoms with Gasteiger partial charge in [0, 0.05) is 0 Å². The van der Waals surface area contributed by atoms with Crippen LogP contribution in [0.25, 0.3) is 0 Å². The molecule has 5 heteroatoms. The average molecular weight is 138 g/mol. The molecule has 52 valence electrons. The van der Waals surface area contributed by atoms with Gasteiger partial charge >= 0.3 is 6.18 Å². The zero-order chi connectivity index (χ0) is 7.49.